The minimum absolute atomic E-state index is 2.00. The van der Waals surface area contributed by atoms with Crippen molar-refractivity contribution >= 4 is 14.0 Å². The molecule has 0 N–H and O–H groups in total. The Morgan fingerprint density at radius 2 is 1.25 bits per heavy atom. The Kier molecular flexibility index (Phi) is 5.07. The van der Waals surface area contributed by atoms with Gasteiger partial charge in [0.2, 0.25) is 0 Å². The third kappa shape index (κ3) is 72.4. The summed E-state index contributed by atoms with van der Waals surface area (Å²) in [5, 5.41) is 0. The second-order valence-electron chi connectivity index (χ2n) is 3.38. The van der Waals surface area contributed by atoms with E-state index in [1.165, 1.54) is 0 Å². The molecule has 0 aliphatic carbocycles. The Morgan fingerprint density at radius 1 is 0.938 bits per heavy atom. The van der Waals surface area contributed by atoms with Gasteiger partial charge in [0.15, 0.2) is 6.21 Å². The van der Waals surface area contributed by atoms with Crippen molar-refractivity contribution in [1.82, 2.24) is 4.90 Å². The first kappa shape index (κ1) is 17.6. The van der Waals surface area contributed by atoms with Crippen LogP contribution in [0.5, 0.6) is 0 Å². The predicted octanol–water partition coefficient (Wildman–Crippen LogP) is 3.79. The molecule has 0 radical (unpaired) electrons. The minimum atomic E-state index is -10.7. The molecule has 0 aromatic carbocycles. The van der Waals surface area contributed by atoms with Crippen LogP contribution in [0.1, 0.15) is 0 Å². The van der Waals surface area contributed by atoms with Crippen LogP contribution in [-0.4, -0.2) is 43.9 Å². The van der Waals surface area contributed by atoms with Crippen molar-refractivity contribution in [3.63, 3.8) is 0 Å². The average Bonchev–Trinajstić information content (AvgIpc) is 1.76. The van der Waals surface area contributed by atoms with Gasteiger partial charge in [-0.3, -0.25) is 0 Å². The summed E-state index contributed by atoms with van der Waals surface area (Å²) in [6, 6.07) is 0. The van der Waals surface area contributed by atoms with Gasteiger partial charge in [-0.15, -0.1) is 0 Å². The molecular weight excluding hydrogens is 257 g/mol. The Bertz CT molecular complexity index is 259. The van der Waals surface area contributed by atoms with Crippen molar-refractivity contribution < 1.29 is 29.8 Å². The summed E-state index contributed by atoms with van der Waals surface area (Å²) < 4.78 is 61.2. The molecule has 16 heavy (non-hydrogen) atoms. The number of halogens is 6. The Labute approximate surface area is 90.1 Å². The fraction of sp³-hybridized carbons (Fsp3) is 0.571. The molecule has 0 unspecified atom stereocenters. The zero-order valence-corrected chi connectivity index (χ0v) is 10.2. The molecule has 0 heterocycles. The monoisotopic (exact) mass is 272 g/mol. The maximum atomic E-state index is 9.87. The number of nitrogens with zero attached hydrogens (tertiary/aromatic N) is 2. The van der Waals surface area contributed by atoms with E-state index in [4.69, 9.17) is 0 Å². The van der Waals surface area contributed by atoms with Crippen LogP contribution in [0, 0.1) is 0 Å². The predicted molar refractivity (Wildman–Crippen MR) is 54.6 cm³/mol. The molecule has 9 heteroatoms. The summed E-state index contributed by atoms with van der Waals surface area (Å²) >= 11 is 0. The molecule has 0 rings (SSSR count). The van der Waals surface area contributed by atoms with E-state index in [-0.39, 0.29) is 0 Å². The molecule has 0 amide bonds. The van der Waals surface area contributed by atoms with E-state index >= 15 is 0 Å². The summed E-state index contributed by atoms with van der Waals surface area (Å²) in [4.78, 5) is 2.00. The third-order valence-electron chi connectivity index (χ3n) is 0.768. The van der Waals surface area contributed by atoms with Crippen molar-refractivity contribution in [3.8, 4) is 0 Å². The molecule has 0 bridgehead atoms. The van der Waals surface area contributed by atoms with Crippen LogP contribution in [-0.2, 0) is 0 Å². The van der Waals surface area contributed by atoms with Crippen LogP contribution >= 0.6 is 7.81 Å². The van der Waals surface area contributed by atoms with Crippen molar-refractivity contribution in [1.29, 1.82) is 0 Å². The molecular formula is C7H15F6N2P. The quantitative estimate of drug-likeness (QED) is 0.321. The van der Waals surface area contributed by atoms with E-state index in [0.717, 1.165) is 0 Å². The van der Waals surface area contributed by atoms with Gasteiger partial charge in [-0.05, 0) is 0 Å². The van der Waals surface area contributed by atoms with Crippen LogP contribution in [0.2, 0.25) is 0 Å². The van der Waals surface area contributed by atoms with E-state index in [2.05, 4.69) is 0 Å². The summed E-state index contributed by atoms with van der Waals surface area (Å²) in [6.07, 6.45) is 6.00. The van der Waals surface area contributed by atoms with Crippen molar-refractivity contribution in [2.75, 3.05) is 28.2 Å². The van der Waals surface area contributed by atoms with E-state index < -0.39 is 7.81 Å². The van der Waals surface area contributed by atoms with Crippen molar-refractivity contribution in [2.45, 2.75) is 0 Å². The Hall–Kier alpha value is -0.780. The Balaban J connectivity index is 0. The number of allylic oxidation sites excluding steroid dienone is 1. The zero-order chi connectivity index (χ0) is 13.7. The van der Waals surface area contributed by atoms with Crippen molar-refractivity contribution in [2.24, 2.45) is 0 Å². The number of hydrogen-bond donors (Lipinski definition) is 0. The fourth-order valence-electron chi connectivity index (χ4n) is 0.383. The molecule has 2 nitrogen and oxygen atoms in total. The van der Waals surface area contributed by atoms with Gasteiger partial charge in [0.05, 0.1) is 0 Å². The van der Waals surface area contributed by atoms with Crippen LogP contribution in [0.25, 0.3) is 0 Å². The second-order valence-corrected chi connectivity index (χ2v) is 5.29. The molecule has 0 aliphatic rings. The normalized spacial score (nSPS) is 15.6. The topological polar surface area (TPSA) is 6.25 Å². The van der Waals surface area contributed by atoms with Crippen LogP contribution in [0.15, 0.2) is 12.3 Å². The van der Waals surface area contributed by atoms with E-state index in [0.29, 0.717) is 0 Å². The molecule has 0 saturated carbocycles. The fourth-order valence-corrected chi connectivity index (χ4v) is 0.383. The molecule has 0 aliphatic heterocycles. The number of hydrogen-bond acceptors (Lipinski definition) is 1. The first-order valence-electron chi connectivity index (χ1n) is 3.99. The van der Waals surface area contributed by atoms with Gasteiger partial charge < -0.3 is 4.90 Å². The molecule has 0 atom stereocenters. The van der Waals surface area contributed by atoms with Gasteiger partial charge in [0, 0.05) is 26.4 Å². The second kappa shape index (κ2) is 4.61. The van der Waals surface area contributed by atoms with Gasteiger partial charge in [0.25, 0.3) is 0 Å². The summed E-state index contributed by atoms with van der Waals surface area (Å²) in [7, 11) is -2.66. The van der Waals surface area contributed by atoms with E-state index in [9.17, 15) is 25.2 Å². The molecule has 0 saturated heterocycles. The molecule has 0 spiro atoms. The summed E-state index contributed by atoms with van der Waals surface area (Å²) in [5.74, 6) is 0. The van der Waals surface area contributed by atoms with Gasteiger partial charge >= 0.3 is 33.0 Å². The van der Waals surface area contributed by atoms with Crippen molar-refractivity contribution in [3.05, 3.63) is 12.3 Å². The van der Waals surface area contributed by atoms with Gasteiger partial charge in [0.1, 0.15) is 14.1 Å². The van der Waals surface area contributed by atoms with Crippen LogP contribution < -0.4 is 0 Å². The maximum absolute atomic E-state index is 10.7. The van der Waals surface area contributed by atoms with Crippen LogP contribution in [0.3, 0.4) is 0 Å². The van der Waals surface area contributed by atoms with Gasteiger partial charge in [-0.25, -0.2) is 4.58 Å². The standard InChI is InChI=1S/C7H15N2.F6P/c1-8(2)6-5-7-9(3)4;1-7(2,3,4,5)6/h5-7H,1-4H3;/q+1;-1. The summed E-state index contributed by atoms with van der Waals surface area (Å²) in [6.45, 7) is 0. The first-order chi connectivity index (χ1) is 6.58. The molecule has 100 valence electrons. The SMILES string of the molecule is CN(C)/C=C/C=[N+](C)C.F[P-](F)(F)(F)(F)F. The van der Waals surface area contributed by atoms with Gasteiger partial charge in [-0.2, -0.15) is 0 Å². The molecule has 0 aromatic heterocycles. The van der Waals surface area contributed by atoms with Gasteiger partial charge in [-0.1, -0.05) is 0 Å². The first-order valence-corrected chi connectivity index (χ1v) is 6.01. The molecule has 0 aromatic rings. The Morgan fingerprint density at radius 3 is 1.44 bits per heavy atom. The van der Waals surface area contributed by atoms with Crippen LogP contribution in [0.4, 0.5) is 25.2 Å². The summed E-state index contributed by atoms with van der Waals surface area (Å²) in [5.41, 5.74) is 0. The van der Waals surface area contributed by atoms with E-state index in [1.807, 2.05) is 56.2 Å². The average molecular weight is 272 g/mol. The molecule has 0 fully saturated rings. The number of rotatable bonds is 2. The third-order valence-corrected chi connectivity index (χ3v) is 0.768. The zero-order valence-electron chi connectivity index (χ0n) is 9.34. The van der Waals surface area contributed by atoms with E-state index in [1.54, 1.807) is 0 Å².